The first-order valence-electron chi connectivity index (χ1n) is 6.12. The Kier molecular flexibility index (Phi) is 3.81. The first-order valence-corrected chi connectivity index (χ1v) is 6.12. The lowest BCUT2D eigenvalue weighted by molar-refractivity contribution is -0.123. The van der Waals surface area contributed by atoms with E-state index >= 15 is 0 Å². The summed E-state index contributed by atoms with van der Waals surface area (Å²) in [6.07, 6.45) is 1.57. The number of halogens is 1. The second-order valence-corrected chi connectivity index (χ2v) is 4.81. The van der Waals surface area contributed by atoms with Gasteiger partial charge in [0, 0.05) is 12.5 Å². The number of anilines is 1. The molecule has 1 aromatic carbocycles. The summed E-state index contributed by atoms with van der Waals surface area (Å²) < 4.78 is 13.3. The van der Waals surface area contributed by atoms with Crippen LogP contribution in [0.1, 0.15) is 18.4 Å². The van der Waals surface area contributed by atoms with Gasteiger partial charge in [-0.1, -0.05) is 6.07 Å². The molecule has 2 rings (SSSR count). The number of primary amides is 1. The molecule has 1 aliphatic heterocycles. The highest BCUT2D eigenvalue weighted by Crippen LogP contribution is 2.20. The molecule has 1 aliphatic rings. The van der Waals surface area contributed by atoms with Gasteiger partial charge < -0.3 is 11.5 Å². The molecule has 0 radical (unpaired) electrons. The van der Waals surface area contributed by atoms with Crippen molar-refractivity contribution in [1.82, 2.24) is 4.90 Å². The van der Waals surface area contributed by atoms with E-state index in [2.05, 4.69) is 4.90 Å². The van der Waals surface area contributed by atoms with Crippen LogP contribution in [0.15, 0.2) is 18.2 Å². The van der Waals surface area contributed by atoms with Crippen LogP contribution in [0.4, 0.5) is 10.1 Å². The number of nitrogen functional groups attached to an aromatic ring is 1. The molecule has 1 amide bonds. The zero-order valence-electron chi connectivity index (χ0n) is 10.2. The quantitative estimate of drug-likeness (QED) is 0.790. The summed E-state index contributed by atoms with van der Waals surface area (Å²) in [7, 11) is 0. The number of hydrogen-bond acceptors (Lipinski definition) is 3. The number of hydrogen-bond donors (Lipinski definition) is 2. The molecule has 0 atom stereocenters. The van der Waals surface area contributed by atoms with E-state index in [1.807, 2.05) is 6.07 Å². The number of likely N-dealkylation sites (tertiary alicyclic amines) is 1. The van der Waals surface area contributed by atoms with E-state index in [-0.39, 0.29) is 23.3 Å². The SMILES string of the molecule is NC(=O)C1CCN(Cc2ccc(N)c(F)c2)CC1. The molecular formula is C13H18FN3O. The monoisotopic (exact) mass is 251 g/mol. The number of amides is 1. The number of benzene rings is 1. The Bertz CT molecular complexity index is 442. The summed E-state index contributed by atoms with van der Waals surface area (Å²) in [6.45, 7) is 2.32. The maximum Gasteiger partial charge on any atom is 0.220 e. The standard InChI is InChI=1S/C13H18FN3O/c14-11-7-9(1-2-12(11)15)8-17-5-3-10(4-6-17)13(16)18/h1-2,7,10H,3-6,8,15H2,(H2,16,18). The van der Waals surface area contributed by atoms with Gasteiger partial charge in [0.05, 0.1) is 5.69 Å². The highest BCUT2D eigenvalue weighted by Gasteiger charge is 2.22. The van der Waals surface area contributed by atoms with Crippen molar-refractivity contribution in [2.75, 3.05) is 18.8 Å². The predicted molar refractivity (Wildman–Crippen MR) is 68.0 cm³/mol. The van der Waals surface area contributed by atoms with Crippen LogP contribution in [0.3, 0.4) is 0 Å². The minimum absolute atomic E-state index is 0.00981. The molecule has 0 spiro atoms. The maximum absolute atomic E-state index is 13.3. The molecule has 0 aliphatic carbocycles. The lowest BCUT2D eigenvalue weighted by Crippen LogP contribution is -2.38. The summed E-state index contributed by atoms with van der Waals surface area (Å²) in [6, 6.07) is 4.88. The largest absolute Gasteiger partial charge is 0.396 e. The Morgan fingerprint density at radius 2 is 2.06 bits per heavy atom. The fourth-order valence-corrected chi connectivity index (χ4v) is 2.30. The second-order valence-electron chi connectivity index (χ2n) is 4.81. The number of nitrogens with zero attached hydrogens (tertiary/aromatic N) is 1. The normalized spacial score (nSPS) is 17.8. The Balaban J connectivity index is 1.91. The number of carbonyl (C=O) groups excluding carboxylic acids is 1. The molecule has 0 aromatic heterocycles. The van der Waals surface area contributed by atoms with Crippen LogP contribution in [-0.2, 0) is 11.3 Å². The zero-order chi connectivity index (χ0) is 13.1. The van der Waals surface area contributed by atoms with Crippen molar-refractivity contribution in [2.45, 2.75) is 19.4 Å². The van der Waals surface area contributed by atoms with Crippen molar-refractivity contribution in [3.8, 4) is 0 Å². The average molecular weight is 251 g/mol. The van der Waals surface area contributed by atoms with E-state index in [0.717, 1.165) is 31.5 Å². The predicted octanol–water partition coefficient (Wildman–Crippen LogP) is 1.11. The lowest BCUT2D eigenvalue weighted by Gasteiger charge is -2.30. The molecule has 1 aromatic rings. The summed E-state index contributed by atoms with van der Waals surface area (Å²) in [4.78, 5) is 13.2. The number of rotatable bonds is 3. The van der Waals surface area contributed by atoms with Crippen LogP contribution in [0.25, 0.3) is 0 Å². The number of nitrogens with two attached hydrogens (primary N) is 2. The first-order chi connectivity index (χ1) is 8.56. The third-order valence-corrected chi connectivity index (χ3v) is 3.46. The van der Waals surface area contributed by atoms with Crippen LogP contribution in [0.5, 0.6) is 0 Å². The second kappa shape index (κ2) is 5.35. The van der Waals surface area contributed by atoms with Gasteiger partial charge in [0.1, 0.15) is 5.82 Å². The Hall–Kier alpha value is -1.62. The van der Waals surface area contributed by atoms with Crippen LogP contribution in [0, 0.1) is 11.7 Å². The van der Waals surface area contributed by atoms with Gasteiger partial charge in [-0.15, -0.1) is 0 Å². The van der Waals surface area contributed by atoms with Crippen molar-refractivity contribution in [3.63, 3.8) is 0 Å². The highest BCUT2D eigenvalue weighted by atomic mass is 19.1. The average Bonchev–Trinajstić information content (AvgIpc) is 2.34. The molecule has 1 saturated heterocycles. The van der Waals surface area contributed by atoms with Crippen molar-refractivity contribution < 1.29 is 9.18 Å². The van der Waals surface area contributed by atoms with E-state index in [0.29, 0.717) is 6.54 Å². The zero-order valence-corrected chi connectivity index (χ0v) is 10.2. The van der Waals surface area contributed by atoms with Gasteiger partial charge in [-0.05, 0) is 43.6 Å². The van der Waals surface area contributed by atoms with Crippen molar-refractivity contribution >= 4 is 11.6 Å². The minimum Gasteiger partial charge on any atom is -0.396 e. The summed E-state index contributed by atoms with van der Waals surface area (Å²) in [5.74, 6) is -0.600. The fraction of sp³-hybridized carbons (Fsp3) is 0.462. The number of carbonyl (C=O) groups is 1. The van der Waals surface area contributed by atoms with E-state index in [9.17, 15) is 9.18 Å². The Labute approximate surface area is 106 Å². The molecule has 0 bridgehead atoms. The van der Waals surface area contributed by atoms with Gasteiger partial charge in [0.15, 0.2) is 0 Å². The molecule has 1 heterocycles. The van der Waals surface area contributed by atoms with E-state index in [4.69, 9.17) is 11.5 Å². The molecule has 98 valence electrons. The van der Waals surface area contributed by atoms with Gasteiger partial charge in [-0.2, -0.15) is 0 Å². The van der Waals surface area contributed by atoms with Gasteiger partial charge in [0.25, 0.3) is 0 Å². The van der Waals surface area contributed by atoms with Gasteiger partial charge in [-0.25, -0.2) is 4.39 Å². The van der Waals surface area contributed by atoms with E-state index in [1.54, 1.807) is 6.07 Å². The third-order valence-electron chi connectivity index (χ3n) is 3.46. The third kappa shape index (κ3) is 2.98. The molecule has 1 fully saturated rings. The van der Waals surface area contributed by atoms with Crippen LogP contribution >= 0.6 is 0 Å². The molecule has 5 heteroatoms. The summed E-state index contributed by atoms with van der Waals surface area (Å²) in [5, 5.41) is 0. The van der Waals surface area contributed by atoms with Gasteiger partial charge in [-0.3, -0.25) is 9.69 Å². The van der Waals surface area contributed by atoms with Gasteiger partial charge >= 0.3 is 0 Å². The van der Waals surface area contributed by atoms with Crippen LogP contribution in [-0.4, -0.2) is 23.9 Å². The molecule has 0 unspecified atom stereocenters. The van der Waals surface area contributed by atoms with Gasteiger partial charge in [0.2, 0.25) is 5.91 Å². The smallest absolute Gasteiger partial charge is 0.220 e. The lowest BCUT2D eigenvalue weighted by atomic mass is 9.96. The van der Waals surface area contributed by atoms with E-state index in [1.165, 1.54) is 6.07 Å². The van der Waals surface area contributed by atoms with Crippen LogP contribution in [0.2, 0.25) is 0 Å². The summed E-state index contributed by atoms with van der Waals surface area (Å²) in [5.41, 5.74) is 11.8. The molecule has 4 nitrogen and oxygen atoms in total. The maximum atomic E-state index is 13.3. The molecular weight excluding hydrogens is 233 g/mol. The van der Waals surface area contributed by atoms with Crippen LogP contribution < -0.4 is 11.5 Å². The Morgan fingerprint density at radius 1 is 1.39 bits per heavy atom. The Morgan fingerprint density at radius 3 is 2.61 bits per heavy atom. The van der Waals surface area contributed by atoms with Crippen molar-refractivity contribution in [2.24, 2.45) is 11.7 Å². The minimum atomic E-state index is -0.375. The molecule has 18 heavy (non-hydrogen) atoms. The first kappa shape index (κ1) is 12.8. The van der Waals surface area contributed by atoms with Crippen molar-refractivity contribution in [3.05, 3.63) is 29.6 Å². The topological polar surface area (TPSA) is 72.4 Å². The molecule has 4 N–H and O–H groups in total. The highest BCUT2D eigenvalue weighted by molar-refractivity contribution is 5.76. The summed E-state index contributed by atoms with van der Waals surface area (Å²) >= 11 is 0. The van der Waals surface area contributed by atoms with Crippen molar-refractivity contribution in [1.29, 1.82) is 0 Å². The molecule has 0 saturated carbocycles. The van der Waals surface area contributed by atoms with E-state index < -0.39 is 0 Å². The fourth-order valence-electron chi connectivity index (χ4n) is 2.30. The number of piperidine rings is 1.